The molecule has 44 heavy (non-hydrogen) atoms. The van der Waals surface area contributed by atoms with E-state index in [1.54, 1.807) is 35.1 Å². The van der Waals surface area contributed by atoms with E-state index in [9.17, 15) is 9.59 Å². The first-order valence-electron chi connectivity index (χ1n) is 13.8. The zero-order valence-electron chi connectivity index (χ0n) is 24.0. The second-order valence-corrected chi connectivity index (χ2v) is 11.7. The molecule has 0 saturated carbocycles. The molecule has 0 aliphatic rings. The van der Waals surface area contributed by atoms with Crippen molar-refractivity contribution in [3.8, 4) is 0 Å². The van der Waals surface area contributed by atoms with Crippen LogP contribution in [0.1, 0.15) is 57.1 Å². The molecule has 2 aromatic carbocycles. The van der Waals surface area contributed by atoms with Crippen LogP contribution >= 0.6 is 22.7 Å². The molecule has 228 valence electrons. The van der Waals surface area contributed by atoms with Gasteiger partial charge in [0.1, 0.15) is 0 Å². The van der Waals surface area contributed by atoms with Crippen molar-refractivity contribution >= 4 is 67.5 Å². The maximum atomic E-state index is 12.1. The predicted octanol–water partition coefficient (Wildman–Crippen LogP) is 9.21. The van der Waals surface area contributed by atoms with E-state index in [1.165, 1.54) is 5.56 Å². The summed E-state index contributed by atoms with van der Waals surface area (Å²) in [7, 11) is 0. The number of hydrogen-bond acceptors (Lipinski definition) is 7. The summed E-state index contributed by atoms with van der Waals surface area (Å²) >= 11 is 3.26. The number of thiophene rings is 2. The molecule has 0 aliphatic carbocycles. The van der Waals surface area contributed by atoms with E-state index in [0.29, 0.717) is 6.42 Å². The Bertz CT molecular complexity index is 1760. The van der Waals surface area contributed by atoms with Crippen LogP contribution in [0.2, 0.25) is 0 Å². The number of anilines is 2. The van der Waals surface area contributed by atoms with Crippen LogP contribution in [-0.2, 0) is 9.59 Å². The second kappa shape index (κ2) is 16.9. The highest BCUT2D eigenvalue weighted by Crippen LogP contribution is 2.24. The van der Waals surface area contributed by atoms with Gasteiger partial charge in [0.2, 0.25) is 5.91 Å². The Morgan fingerprint density at radius 3 is 1.86 bits per heavy atom. The van der Waals surface area contributed by atoms with Gasteiger partial charge in [0, 0.05) is 53.4 Å². The fourth-order valence-electron chi connectivity index (χ4n) is 4.36. The lowest BCUT2D eigenvalue weighted by Gasteiger charge is -2.11. The van der Waals surface area contributed by atoms with Crippen LogP contribution in [0.5, 0.6) is 0 Å². The summed E-state index contributed by atoms with van der Waals surface area (Å²) in [5.41, 5.74) is 9.57. The third-order valence-electron chi connectivity index (χ3n) is 6.79. The summed E-state index contributed by atoms with van der Waals surface area (Å²) in [5, 5.41) is 24.0. The minimum Gasteiger partial charge on any atom is -0.481 e. The van der Waals surface area contributed by atoms with E-state index in [2.05, 4.69) is 33.7 Å². The molecule has 0 spiro atoms. The van der Waals surface area contributed by atoms with Crippen molar-refractivity contribution in [2.45, 2.75) is 46.0 Å². The molecule has 0 saturated heterocycles. The SMILES string of the molecule is C.CC(CC(=O)Nc1ccc2cnccc2c1)c1ccsc1.CC(CC(=O)O)c1ccsc1.Nc1ccc2cnccc2c1. The first-order chi connectivity index (χ1) is 20.8. The monoisotopic (exact) mass is 626 g/mol. The van der Waals surface area contributed by atoms with Crippen molar-refractivity contribution in [2.75, 3.05) is 11.1 Å². The zero-order valence-corrected chi connectivity index (χ0v) is 25.6. The molecule has 4 heterocycles. The molecule has 1 amide bonds. The van der Waals surface area contributed by atoms with Gasteiger partial charge in [-0.1, -0.05) is 33.4 Å². The molecule has 0 radical (unpaired) electrons. The number of aliphatic carboxylic acids is 1. The van der Waals surface area contributed by atoms with Gasteiger partial charge in [-0.3, -0.25) is 19.6 Å². The Kier molecular flexibility index (Phi) is 13.0. The number of nitrogens with zero attached hydrogens (tertiary/aromatic N) is 2. The maximum Gasteiger partial charge on any atom is 0.303 e. The lowest BCUT2D eigenvalue weighted by Crippen LogP contribution is -2.14. The number of nitrogens with two attached hydrogens (primary N) is 1. The van der Waals surface area contributed by atoms with E-state index in [0.717, 1.165) is 38.5 Å². The molecule has 0 fully saturated rings. The summed E-state index contributed by atoms with van der Waals surface area (Å²) in [6.45, 7) is 4.00. The normalized spacial score (nSPS) is 11.6. The van der Waals surface area contributed by atoms with Gasteiger partial charge < -0.3 is 16.2 Å². The lowest BCUT2D eigenvalue weighted by molar-refractivity contribution is -0.137. The van der Waals surface area contributed by atoms with E-state index < -0.39 is 5.97 Å². The molecule has 0 aliphatic heterocycles. The molecule has 2 unspecified atom stereocenters. The van der Waals surface area contributed by atoms with E-state index in [-0.39, 0.29) is 31.6 Å². The number of hydrogen-bond donors (Lipinski definition) is 3. The number of amides is 1. The number of carboxylic acid groups (broad SMARTS) is 1. The number of aromatic nitrogens is 2. The first-order valence-corrected chi connectivity index (χ1v) is 15.7. The van der Waals surface area contributed by atoms with Crippen molar-refractivity contribution in [1.82, 2.24) is 9.97 Å². The smallest absolute Gasteiger partial charge is 0.303 e. The number of carbonyl (C=O) groups excluding carboxylic acids is 1. The van der Waals surface area contributed by atoms with Crippen molar-refractivity contribution in [3.63, 3.8) is 0 Å². The van der Waals surface area contributed by atoms with Gasteiger partial charge in [0.15, 0.2) is 0 Å². The van der Waals surface area contributed by atoms with Gasteiger partial charge in [0.05, 0.1) is 6.42 Å². The summed E-state index contributed by atoms with van der Waals surface area (Å²) in [5.74, 6) is -0.314. The van der Waals surface area contributed by atoms with E-state index >= 15 is 0 Å². The summed E-state index contributed by atoms with van der Waals surface area (Å²) < 4.78 is 0. The topological polar surface area (TPSA) is 118 Å². The van der Waals surface area contributed by atoms with Crippen LogP contribution in [0, 0.1) is 0 Å². The number of nitrogens with one attached hydrogen (secondary N) is 1. The van der Waals surface area contributed by atoms with Gasteiger partial charge in [-0.2, -0.15) is 22.7 Å². The molecule has 9 heteroatoms. The predicted molar refractivity (Wildman–Crippen MR) is 186 cm³/mol. The molecule has 6 aromatic rings. The van der Waals surface area contributed by atoms with E-state index in [1.807, 2.05) is 90.1 Å². The highest BCUT2D eigenvalue weighted by Gasteiger charge is 2.12. The van der Waals surface area contributed by atoms with Gasteiger partial charge >= 0.3 is 5.97 Å². The summed E-state index contributed by atoms with van der Waals surface area (Å²) in [4.78, 5) is 30.5. The highest BCUT2D eigenvalue weighted by atomic mass is 32.1. The van der Waals surface area contributed by atoms with Gasteiger partial charge in [0.25, 0.3) is 0 Å². The van der Waals surface area contributed by atoms with Crippen molar-refractivity contribution in [3.05, 3.63) is 118 Å². The third-order valence-corrected chi connectivity index (χ3v) is 8.19. The van der Waals surface area contributed by atoms with Crippen molar-refractivity contribution in [2.24, 2.45) is 0 Å². The van der Waals surface area contributed by atoms with Crippen LogP contribution < -0.4 is 11.1 Å². The summed E-state index contributed by atoms with van der Waals surface area (Å²) in [6, 6.07) is 19.6. The largest absolute Gasteiger partial charge is 0.481 e. The number of pyridine rings is 2. The Morgan fingerprint density at radius 1 is 0.773 bits per heavy atom. The van der Waals surface area contributed by atoms with Gasteiger partial charge in [-0.05, 0) is 104 Å². The minimum atomic E-state index is -0.733. The fourth-order valence-corrected chi connectivity index (χ4v) is 5.93. The average molecular weight is 627 g/mol. The van der Waals surface area contributed by atoms with E-state index in [4.69, 9.17) is 10.8 Å². The number of carbonyl (C=O) groups is 2. The molecule has 2 atom stereocenters. The second-order valence-electron chi connectivity index (χ2n) is 10.2. The Morgan fingerprint density at radius 2 is 1.32 bits per heavy atom. The van der Waals surface area contributed by atoms with Crippen LogP contribution in [0.3, 0.4) is 0 Å². The van der Waals surface area contributed by atoms with Crippen molar-refractivity contribution < 1.29 is 14.7 Å². The minimum absolute atomic E-state index is 0. The molecule has 6 rings (SSSR count). The van der Waals surface area contributed by atoms with Crippen LogP contribution in [0.4, 0.5) is 11.4 Å². The number of fused-ring (bicyclic) bond motifs is 2. The quantitative estimate of drug-likeness (QED) is 0.152. The standard InChI is InChI=1S/C17H16N2OS.C9H8N2.C8H10O2S.CH4/c1-12(15-5-7-21-11-15)8-17(20)19-16-3-2-14-10-18-6-4-13(14)9-16;10-9-2-1-8-6-11-4-3-7(8)5-9;1-6(4-8(9)10)7-2-3-11-5-7;/h2-7,9-12H,8H2,1H3,(H,19,20);1-6H,10H2;2-3,5-6H,4H2,1H3,(H,9,10);1H4. The number of nitrogen functional groups attached to an aromatic ring is 1. The third kappa shape index (κ3) is 10.3. The number of carboxylic acids is 1. The number of benzene rings is 2. The molecular formula is C35H38N4O3S2. The number of rotatable bonds is 7. The first kappa shape index (κ1) is 33.9. The van der Waals surface area contributed by atoms with Crippen LogP contribution in [-0.4, -0.2) is 27.0 Å². The van der Waals surface area contributed by atoms with Crippen LogP contribution in [0.25, 0.3) is 21.5 Å². The maximum absolute atomic E-state index is 12.1. The molecule has 4 N–H and O–H groups in total. The Labute approximate surface area is 266 Å². The molecule has 7 nitrogen and oxygen atoms in total. The Hall–Kier alpha value is -4.60. The molecule has 0 bridgehead atoms. The lowest BCUT2D eigenvalue weighted by atomic mass is 10.0. The average Bonchev–Trinajstić information content (AvgIpc) is 3.73. The van der Waals surface area contributed by atoms with Gasteiger partial charge in [-0.25, -0.2) is 0 Å². The summed E-state index contributed by atoms with van der Waals surface area (Å²) in [6.07, 6.45) is 7.88. The highest BCUT2D eigenvalue weighted by molar-refractivity contribution is 7.08. The zero-order chi connectivity index (χ0) is 30.6. The fraction of sp³-hybridized carbons (Fsp3) is 0.200. The van der Waals surface area contributed by atoms with Gasteiger partial charge in [-0.15, -0.1) is 0 Å². The van der Waals surface area contributed by atoms with Crippen molar-refractivity contribution in [1.29, 1.82) is 0 Å². The molecule has 4 aromatic heterocycles. The Balaban J connectivity index is 0.000000195. The molecular weight excluding hydrogens is 589 g/mol. The van der Waals surface area contributed by atoms with Crippen LogP contribution in [0.15, 0.2) is 107 Å².